The number of carbonyl (C=O) groups is 2. The summed E-state index contributed by atoms with van der Waals surface area (Å²) in [5, 5.41) is 13.6. The van der Waals surface area contributed by atoms with Crippen LogP contribution < -0.4 is 10.9 Å². The molecule has 38 heavy (non-hydrogen) atoms. The van der Waals surface area contributed by atoms with Gasteiger partial charge in [-0.25, -0.2) is 0 Å². The minimum absolute atomic E-state index is 0.198. The maximum absolute atomic E-state index is 13.8. The second kappa shape index (κ2) is 11.9. The van der Waals surface area contributed by atoms with Gasteiger partial charge in [-0.15, -0.1) is 0 Å². The number of hydrogen-bond donors (Lipinski definition) is 2. The third kappa shape index (κ3) is 6.22. The van der Waals surface area contributed by atoms with E-state index in [9.17, 15) is 19.5 Å². The molecule has 7 heteroatoms. The summed E-state index contributed by atoms with van der Waals surface area (Å²) >= 11 is 0. The van der Waals surface area contributed by atoms with Crippen LogP contribution in [0, 0.1) is 6.92 Å². The van der Waals surface area contributed by atoms with E-state index in [0.717, 1.165) is 34.9 Å². The van der Waals surface area contributed by atoms with Gasteiger partial charge in [0.05, 0.1) is 12.5 Å². The number of hydrogen-bond acceptors (Lipinski definition) is 3. The van der Waals surface area contributed by atoms with Gasteiger partial charge >= 0.3 is 5.97 Å². The molecule has 0 aliphatic heterocycles. The Morgan fingerprint density at radius 1 is 1.05 bits per heavy atom. The third-order valence-electron chi connectivity index (χ3n) is 6.97. The van der Waals surface area contributed by atoms with Crippen LogP contribution >= 0.6 is 0 Å². The molecule has 4 aromatic rings. The zero-order valence-electron chi connectivity index (χ0n) is 22.2. The number of rotatable bonds is 11. The number of pyridine rings is 1. The zero-order valence-corrected chi connectivity index (χ0v) is 22.2. The molecule has 0 aliphatic carbocycles. The number of amides is 1. The highest BCUT2D eigenvalue weighted by molar-refractivity contribution is 5.83. The average molecular weight is 514 g/mol. The van der Waals surface area contributed by atoms with Crippen LogP contribution in [-0.4, -0.2) is 26.1 Å². The molecule has 0 spiro atoms. The topological polar surface area (TPSA) is 93.3 Å². The Balaban J connectivity index is 1.68. The molecule has 2 aromatic carbocycles. The summed E-state index contributed by atoms with van der Waals surface area (Å²) in [6.07, 6.45) is 5.99. The number of aliphatic carboxylic acids is 1. The van der Waals surface area contributed by atoms with Gasteiger partial charge in [-0.2, -0.15) is 0 Å². The Morgan fingerprint density at radius 2 is 1.82 bits per heavy atom. The first-order chi connectivity index (χ1) is 18.3. The van der Waals surface area contributed by atoms with Crippen molar-refractivity contribution < 1.29 is 14.7 Å². The molecule has 4 rings (SSSR count). The molecule has 0 aliphatic rings. The van der Waals surface area contributed by atoms with E-state index in [2.05, 4.69) is 5.32 Å². The molecule has 2 unspecified atom stereocenters. The monoisotopic (exact) mass is 513 g/mol. The lowest BCUT2D eigenvalue weighted by molar-refractivity contribution is -0.137. The van der Waals surface area contributed by atoms with Crippen molar-refractivity contribution in [3.63, 3.8) is 0 Å². The molecule has 0 radical (unpaired) electrons. The summed E-state index contributed by atoms with van der Waals surface area (Å²) in [5.74, 6) is -1.36. The van der Waals surface area contributed by atoms with E-state index in [4.69, 9.17) is 0 Å². The van der Waals surface area contributed by atoms with Gasteiger partial charge in [-0.1, -0.05) is 62.2 Å². The molecule has 0 fully saturated rings. The minimum Gasteiger partial charge on any atom is -0.481 e. The molecule has 198 valence electrons. The fraction of sp³-hybridized carbons (Fsp3) is 0.323. The summed E-state index contributed by atoms with van der Waals surface area (Å²) in [5.41, 5.74) is 4.01. The number of unbranched alkanes of at least 4 members (excludes halogenated alkanes) is 1. The summed E-state index contributed by atoms with van der Waals surface area (Å²) in [7, 11) is 1.93. The number of fused-ring (bicyclic) bond motifs is 1. The zero-order chi connectivity index (χ0) is 27.2. The van der Waals surface area contributed by atoms with Gasteiger partial charge in [0.2, 0.25) is 5.91 Å². The number of aryl methyl sites for hydroxylation is 2. The highest BCUT2D eigenvalue weighted by atomic mass is 16.4. The molecule has 0 saturated carbocycles. The Morgan fingerprint density at radius 3 is 2.53 bits per heavy atom. The summed E-state index contributed by atoms with van der Waals surface area (Å²) in [6, 6.07) is 17.9. The number of benzene rings is 2. The van der Waals surface area contributed by atoms with Crippen LogP contribution in [0.25, 0.3) is 10.9 Å². The van der Waals surface area contributed by atoms with Crippen LogP contribution in [0.4, 0.5) is 0 Å². The number of carboxylic acids is 1. The lowest BCUT2D eigenvalue weighted by Crippen LogP contribution is -2.40. The highest BCUT2D eigenvalue weighted by Gasteiger charge is 2.27. The van der Waals surface area contributed by atoms with Crippen molar-refractivity contribution in [3.05, 3.63) is 106 Å². The molecule has 2 heterocycles. The van der Waals surface area contributed by atoms with Crippen LogP contribution in [0.5, 0.6) is 0 Å². The number of nitrogens with one attached hydrogen (secondary N) is 1. The van der Waals surface area contributed by atoms with Gasteiger partial charge in [0.25, 0.3) is 5.56 Å². The molecular weight excluding hydrogens is 478 g/mol. The number of aromatic nitrogens is 2. The molecule has 2 N–H and O–H groups in total. The van der Waals surface area contributed by atoms with Crippen molar-refractivity contribution in [2.75, 3.05) is 0 Å². The first-order valence-corrected chi connectivity index (χ1v) is 13.1. The normalized spacial score (nSPS) is 12.8. The van der Waals surface area contributed by atoms with Gasteiger partial charge < -0.3 is 19.6 Å². The van der Waals surface area contributed by atoms with E-state index in [1.165, 1.54) is 4.57 Å². The minimum atomic E-state index is -1.01. The summed E-state index contributed by atoms with van der Waals surface area (Å²) in [4.78, 5) is 39.1. The molecule has 0 bridgehead atoms. The first-order valence-electron chi connectivity index (χ1n) is 13.1. The van der Waals surface area contributed by atoms with Crippen molar-refractivity contribution in [2.45, 2.75) is 58.0 Å². The SMILES string of the molecule is CCCCC(C(=O)NC(CC(=O)O)c1ccc2ccn(C)c2c1)n1cc(C)cc(Cc2ccccc2)c1=O. The van der Waals surface area contributed by atoms with E-state index in [-0.39, 0.29) is 17.9 Å². The van der Waals surface area contributed by atoms with Crippen molar-refractivity contribution in [1.29, 1.82) is 0 Å². The molecular formula is C31H35N3O4. The Kier molecular flexibility index (Phi) is 8.46. The van der Waals surface area contributed by atoms with Crippen LogP contribution in [0.15, 0.2) is 77.9 Å². The van der Waals surface area contributed by atoms with Crippen molar-refractivity contribution >= 4 is 22.8 Å². The molecule has 2 aromatic heterocycles. The lowest BCUT2D eigenvalue weighted by Gasteiger charge is -2.25. The first kappa shape index (κ1) is 26.9. The van der Waals surface area contributed by atoms with Gasteiger partial charge in [-0.05, 0) is 53.6 Å². The second-order valence-corrected chi connectivity index (χ2v) is 9.98. The Labute approximate surface area is 222 Å². The molecule has 7 nitrogen and oxygen atoms in total. The second-order valence-electron chi connectivity index (χ2n) is 9.98. The third-order valence-corrected chi connectivity index (χ3v) is 6.97. The lowest BCUT2D eigenvalue weighted by atomic mass is 10.0. The van der Waals surface area contributed by atoms with Gasteiger partial charge in [-0.3, -0.25) is 14.4 Å². The predicted octanol–water partition coefficient (Wildman–Crippen LogP) is 5.30. The van der Waals surface area contributed by atoms with Crippen molar-refractivity contribution in [1.82, 2.24) is 14.5 Å². The largest absolute Gasteiger partial charge is 0.481 e. The van der Waals surface area contributed by atoms with E-state index in [0.29, 0.717) is 24.0 Å². The highest BCUT2D eigenvalue weighted by Crippen LogP contribution is 2.25. The maximum Gasteiger partial charge on any atom is 0.305 e. The number of nitrogens with zero attached hydrogens (tertiary/aromatic N) is 2. The standard InChI is InChI=1S/C31H35N3O4/c1-4-5-11-27(34-20-21(2)16-25(31(34)38)17-22-9-7-6-8-10-22)30(37)32-26(19-29(35)36)24-13-12-23-14-15-33(3)28(23)18-24/h6-10,12-16,18,20,26-27H,4-5,11,17,19H2,1-3H3,(H,32,37)(H,35,36). The molecule has 1 amide bonds. The van der Waals surface area contributed by atoms with E-state index < -0.39 is 18.1 Å². The van der Waals surface area contributed by atoms with E-state index in [1.807, 2.05) is 92.3 Å². The van der Waals surface area contributed by atoms with E-state index >= 15 is 0 Å². The number of carbonyl (C=O) groups excluding carboxylic acids is 1. The van der Waals surface area contributed by atoms with Crippen LogP contribution in [0.1, 0.15) is 66.9 Å². The summed E-state index contributed by atoms with van der Waals surface area (Å²) < 4.78 is 3.50. The van der Waals surface area contributed by atoms with Gasteiger partial charge in [0.1, 0.15) is 6.04 Å². The van der Waals surface area contributed by atoms with Crippen molar-refractivity contribution in [2.24, 2.45) is 7.05 Å². The smallest absolute Gasteiger partial charge is 0.305 e. The predicted molar refractivity (Wildman–Crippen MR) is 149 cm³/mol. The maximum atomic E-state index is 13.8. The molecule has 0 saturated heterocycles. The van der Waals surface area contributed by atoms with E-state index in [1.54, 1.807) is 6.20 Å². The number of carboxylic acid groups (broad SMARTS) is 1. The van der Waals surface area contributed by atoms with Crippen LogP contribution in [-0.2, 0) is 23.1 Å². The quantitative estimate of drug-likeness (QED) is 0.285. The fourth-order valence-electron chi connectivity index (χ4n) is 4.98. The Hall–Kier alpha value is -4.13. The molecule has 2 atom stereocenters. The summed E-state index contributed by atoms with van der Waals surface area (Å²) in [6.45, 7) is 3.96. The van der Waals surface area contributed by atoms with Gasteiger partial charge in [0.15, 0.2) is 0 Å². The fourth-order valence-corrected chi connectivity index (χ4v) is 4.98. The van der Waals surface area contributed by atoms with Gasteiger partial charge in [0, 0.05) is 36.9 Å². The average Bonchev–Trinajstić information content (AvgIpc) is 3.26. The van der Waals surface area contributed by atoms with Crippen molar-refractivity contribution in [3.8, 4) is 0 Å². The Bertz CT molecular complexity index is 1490. The van der Waals surface area contributed by atoms with Crippen LogP contribution in [0.2, 0.25) is 0 Å². The van der Waals surface area contributed by atoms with Crippen LogP contribution in [0.3, 0.4) is 0 Å².